The molecule has 4 heterocycles. The van der Waals surface area contributed by atoms with Crippen LogP contribution in [0.25, 0.3) is 10.9 Å². The summed E-state index contributed by atoms with van der Waals surface area (Å²) < 4.78 is 5.72. The second-order valence-electron chi connectivity index (χ2n) is 8.49. The second-order valence-corrected chi connectivity index (χ2v) is 8.49. The van der Waals surface area contributed by atoms with Gasteiger partial charge in [0.1, 0.15) is 5.76 Å². The first-order valence-electron chi connectivity index (χ1n) is 10.4. The number of nitrogens with one attached hydrogen (secondary N) is 1. The average molecular weight is 425 g/mol. The maximum Gasteiger partial charge on any atom is 0.289 e. The minimum Gasteiger partial charge on any atom is -0.455 e. The van der Waals surface area contributed by atoms with Crippen molar-refractivity contribution in [2.24, 2.45) is 0 Å². The molecule has 1 amide bonds. The highest BCUT2D eigenvalue weighted by molar-refractivity contribution is 5.91. The van der Waals surface area contributed by atoms with Gasteiger partial charge in [0.15, 0.2) is 5.76 Å². The van der Waals surface area contributed by atoms with E-state index in [1.165, 1.54) is 0 Å². The molecular weight excluding hydrogens is 396 g/mol. The zero-order chi connectivity index (χ0) is 22.1. The van der Waals surface area contributed by atoms with E-state index in [2.05, 4.69) is 15.0 Å². The standard InChI is InChI=1S/C22H28N6O3/c1-26(2)13-15-5-6-19(31-15)21(30)28-9-7-14(8-10-28)17-11-18-16(20(29)24-17)12-23-22(25-18)27(3)4/h5-6,11-12,14H,7-10,13H2,1-4H3,(H,24,29). The van der Waals surface area contributed by atoms with Gasteiger partial charge in [-0.1, -0.05) is 0 Å². The fourth-order valence-corrected chi connectivity index (χ4v) is 3.93. The van der Waals surface area contributed by atoms with E-state index in [0.29, 0.717) is 42.2 Å². The minimum absolute atomic E-state index is 0.0844. The van der Waals surface area contributed by atoms with Crippen molar-refractivity contribution in [1.82, 2.24) is 24.8 Å². The summed E-state index contributed by atoms with van der Waals surface area (Å²) >= 11 is 0. The van der Waals surface area contributed by atoms with Gasteiger partial charge in [0.05, 0.1) is 17.4 Å². The van der Waals surface area contributed by atoms with Gasteiger partial charge in [-0.3, -0.25) is 9.59 Å². The average Bonchev–Trinajstić information content (AvgIpc) is 3.20. The SMILES string of the molecule is CN(C)Cc1ccc(C(=O)N2CCC(c3cc4nc(N(C)C)ncc4c(=O)[nH]3)CC2)o1. The van der Waals surface area contributed by atoms with E-state index in [9.17, 15) is 9.59 Å². The number of carbonyl (C=O) groups is 1. The first-order chi connectivity index (χ1) is 14.8. The molecule has 1 saturated heterocycles. The molecule has 4 rings (SSSR count). The number of rotatable bonds is 5. The highest BCUT2D eigenvalue weighted by Crippen LogP contribution is 2.28. The number of carbonyl (C=O) groups excluding carboxylic acids is 1. The van der Waals surface area contributed by atoms with Crippen molar-refractivity contribution < 1.29 is 9.21 Å². The first kappa shape index (κ1) is 21.0. The van der Waals surface area contributed by atoms with Crippen molar-refractivity contribution >= 4 is 22.8 Å². The maximum atomic E-state index is 12.8. The van der Waals surface area contributed by atoms with Crippen molar-refractivity contribution in [2.45, 2.75) is 25.3 Å². The molecule has 164 valence electrons. The number of furan rings is 1. The lowest BCUT2D eigenvalue weighted by Crippen LogP contribution is -2.38. The molecular formula is C22H28N6O3. The topological polar surface area (TPSA) is 98.6 Å². The van der Waals surface area contributed by atoms with Crippen LogP contribution >= 0.6 is 0 Å². The molecule has 0 unspecified atom stereocenters. The lowest BCUT2D eigenvalue weighted by Gasteiger charge is -2.31. The summed E-state index contributed by atoms with van der Waals surface area (Å²) in [6.07, 6.45) is 3.10. The molecule has 1 fully saturated rings. The zero-order valence-corrected chi connectivity index (χ0v) is 18.4. The molecule has 3 aromatic rings. The van der Waals surface area contributed by atoms with E-state index in [-0.39, 0.29) is 17.4 Å². The molecule has 0 aromatic carbocycles. The van der Waals surface area contributed by atoms with Crippen LogP contribution in [-0.2, 0) is 6.54 Å². The number of aromatic nitrogens is 3. The molecule has 0 radical (unpaired) electrons. The Bertz CT molecular complexity index is 1140. The quantitative estimate of drug-likeness (QED) is 0.669. The van der Waals surface area contributed by atoms with Crippen molar-refractivity contribution in [3.8, 4) is 0 Å². The van der Waals surface area contributed by atoms with Crippen molar-refractivity contribution in [1.29, 1.82) is 0 Å². The van der Waals surface area contributed by atoms with Gasteiger partial charge in [0.25, 0.3) is 11.5 Å². The Balaban J connectivity index is 1.47. The molecule has 0 spiro atoms. The van der Waals surface area contributed by atoms with Crippen LogP contribution in [-0.4, -0.2) is 71.9 Å². The van der Waals surface area contributed by atoms with Crippen molar-refractivity contribution in [3.05, 3.63) is 52.0 Å². The van der Waals surface area contributed by atoms with Crippen LogP contribution in [0.15, 0.2) is 33.6 Å². The molecule has 1 N–H and O–H groups in total. The number of hydrogen-bond donors (Lipinski definition) is 1. The summed E-state index contributed by atoms with van der Waals surface area (Å²) in [6.45, 7) is 1.88. The van der Waals surface area contributed by atoms with Crippen molar-refractivity contribution in [2.75, 3.05) is 46.2 Å². The number of likely N-dealkylation sites (tertiary alicyclic amines) is 1. The molecule has 0 aliphatic carbocycles. The van der Waals surface area contributed by atoms with Crippen LogP contribution in [0.4, 0.5) is 5.95 Å². The Morgan fingerprint density at radius 3 is 2.65 bits per heavy atom. The van der Waals surface area contributed by atoms with Crippen LogP contribution in [0.2, 0.25) is 0 Å². The highest BCUT2D eigenvalue weighted by atomic mass is 16.4. The number of aromatic amines is 1. The maximum absolute atomic E-state index is 12.8. The monoisotopic (exact) mass is 424 g/mol. The van der Waals surface area contributed by atoms with E-state index in [4.69, 9.17) is 4.42 Å². The van der Waals surface area contributed by atoms with E-state index in [0.717, 1.165) is 24.3 Å². The molecule has 3 aromatic heterocycles. The van der Waals surface area contributed by atoms with Gasteiger partial charge in [0.2, 0.25) is 5.95 Å². The van der Waals surface area contributed by atoms with Crippen LogP contribution < -0.4 is 10.5 Å². The molecule has 31 heavy (non-hydrogen) atoms. The fourth-order valence-electron chi connectivity index (χ4n) is 3.93. The van der Waals surface area contributed by atoms with Crippen LogP contribution in [0.3, 0.4) is 0 Å². The smallest absolute Gasteiger partial charge is 0.289 e. The predicted molar refractivity (Wildman–Crippen MR) is 118 cm³/mol. The van der Waals surface area contributed by atoms with E-state index in [1.54, 1.807) is 12.3 Å². The number of nitrogens with zero attached hydrogens (tertiary/aromatic N) is 5. The number of pyridine rings is 1. The van der Waals surface area contributed by atoms with E-state index >= 15 is 0 Å². The number of hydrogen-bond acceptors (Lipinski definition) is 7. The number of fused-ring (bicyclic) bond motifs is 1. The highest BCUT2D eigenvalue weighted by Gasteiger charge is 2.27. The first-order valence-corrected chi connectivity index (χ1v) is 10.4. The Hall–Kier alpha value is -3.20. The van der Waals surface area contributed by atoms with Gasteiger partial charge in [-0.05, 0) is 45.1 Å². The summed E-state index contributed by atoms with van der Waals surface area (Å²) in [4.78, 5) is 42.7. The summed E-state index contributed by atoms with van der Waals surface area (Å²) in [5, 5.41) is 0.480. The van der Waals surface area contributed by atoms with Gasteiger partial charge in [-0.2, -0.15) is 0 Å². The van der Waals surface area contributed by atoms with Gasteiger partial charge in [-0.15, -0.1) is 0 Å². The lowest BCUT2D eigenvalue weighted by atomic mass is 9.92. The van der Waals surface area contributed by atoms with Gasteiger partial charge < -0.3 is 24.1 Å². The molecule has 0 bridgehead atoms. The fraction of sp³-hybridized carbons (Fsp3) is 0.455. The van der Waals surface area contributed by atoms with E-state index in [1.807, 2.05) is 55.0 Å². The number of piperidine rings is 1. The van der Waals surface area contributed by atoms with Gasteiger partial charge >= 0.3 is 0 Å². The Morgan fingerprint density at radius 1 is 1.23 bits per heavy atom. The third-order valence-electron chi connectivity index (χ3n) is 5.57. The Kier molecular flexibility index (Phi) is 5.77. The van der Waals surface area contributed by atoms with Gasteiger partial charge in [-0.25, -0.2) is 9.97 Å². The lowest BCUT2D eigenvalue weighted by molar-refractivity contribution is 0.0676. The Morgan fingerprint density at radius 2 is 1.97 bits per heavy atom. The largest absolute Gasteiger partial charge is 0.455 e. The molecule has 0 saturated carbocycles. The van der Waals surface area contributed by atoms with Crippen LogP contribution in [0, 0.1) is 0 Å². The molecule has 9 nitrogen and oxygen atoms in total. The van der Waals surface area contributed by atoms with Crippen molar-refractivity contribution in [3.63, 3.8) is 0 Å². The summed E-state index contributed by atoms with van der Waals surface area (Å²) in [5.74, 6) is 1.80. The third-order valence-corrected chi connectivity index (χ3v) is 5.57. The zero-order valence-electron chi connectivity index (χ0n) is 18.4. The molecule has 1 aliphatic rings. The normalized spacial score (nSPS) is 15.1. The summed E-state index contributed by atoms with van der Waals surface area (Å²) in [7, 11) is 7.65. The van der Waals surface area contributed by atoms with Crippen LogP contribution in [0.5, 0.6) is 0 Å². The predicted octanol–water partition coefficient (Wildman–Crippen LogP) is 2.06. The molecule has 9 heteroatoms. The van der Waals surface area contributed by atoms with E-state index < -0.39 is 0 Å². The summed E-state index contributed by atoms with van der Waals surface area (Å²) in [6, 6.07) is 5.54. The molecule has 1 aliphatic heterocycles. The Labute approximate surface area is 180 Å². The minimum atomic E-state index is -0.180. The number of amides is 1. The third kappa shape index (κ3) is 4.46. The van der Waals surface area contributed by atoms with Crippen LogP contribution in [0.1, 0.15) is 40.8 Å². The second kappa shape index (κ2) is 8.50. The molecule has 0 atom stereocenters. The summed E-state index contributed by atoms with van der Waals surface area (Å²) in [5.41, 5.74) is 1.32. The number of anilines is 1. The van der Waals surface area contributed by atoms with Gasteiger partial charge in [0, 0.05) is 45.0 Å². The number of H-pyrrole nitrogens is 1.